The van der Waals surface area contributed by atoms with Crippen molar-refractivity contribution in [3.05, 3.63) is 52.6 Å². The molecule has 0 saturated heterocycles. The molecule has 0 fully saturated rings. The molecule has 0 unspecified atom stereocenters. The van der Waals surface area contributed by atoms with E-state index < -0.39 is 23.1 Å². The van der Waals surface area contributed by atoms with Gasteiger partial charge in [-0.05, 0) is 26.0 Å². The van der Waals surface area contributed by atoms with Crippen LogP contribution in [0.5, 0.6) is 0 Å². The van der Waals surface area contributed by atoms with Gasteiger partial charge in [0.15, 0.2) is 5.78 Å². The first-order chi connectivity index (χ1) is 9.30. The van der Waals surface area contributed by atoms with E-state index in [1.807, 2.05) is 0 Å². The number of pyridine rings is 1. The summed E-state index contributed by atoms with van der Waals surface area (Å²) in [6, 6.07) is 2.20. The molecule has 7 heteroatoms. The minimum absolute atomic E-state index is 0.0935. The molecular formula is C13H10F3N3O. The van der Waals surface area contributed by atoms with E-state index in [9.17, 15) is 18.0 Å². The van der Waals surface area contributed by atoms with Gasteiger partial charge in [0.05, 0.1) is 22.5 Å². The van der Waals surface area contributed by atoms with E-state index >= 15 is 0 Å². The molecule has 0 aliphatic rings. The number of nitrogens with zero attached hydrogens (tertiary/aromatic N) is 3. The fourth-order valence-electron chi connectivity index (χ4n) is 1.75. The van der Waals surface area contributed by atoms with Crippen LogP contribution < -0.4 is 0 Å². The molecule has 0 atom stereocenters. The van der Waals surface area contributed by atoms with E-state index in [4.69, 9.17) is 0 Å². The van der Waals surface area contributed by atoms with Gasteiger partial charge in [0.25, 0.3) is 0 Å². The van der Waals surface area contributed by atoms with Crippen molar-refractivity contribution in [1.29, 1.82) is 0 Å². The first-order valence-electron chi connectivity index (χ1n) is 5.67. The number of halogens is 3. The monoisotopic (exact) mass is 281 g/mol. The lowest BCUT2D eigenvalue weighted by atomic mass is 9.99. The maximum atomic E-state index is 12.9. The molecule has 0 radical (unpaired) electrons. The molecule has 2 heterocycles. The van der Waals surface area contributed by atoms with E-state index in [-0.39, 0.29) is 11.3 Å². The molecule has 0 aromatic carbocycles. The maximum Gasteiger partial charge on any atom is 0.417 e. The Labute approximate surface area is 112 Å². The lowest BCUT2D eigenvalue weighted by molar-refractivity contribution is -0.137. The fourth-order valence-corrected chi connectivity index (χ4v) is 1.75. The number of hydrogen-bond acceptors (Lipinski definition) is 4. The van der Waals surface area contributed by atoms with Crippen molar-refractivity contribution in [2.45, 2.75) is 20.0 Å². The highest BCUT2D eigenvalue weighted by Gasteiger charge is 2.35. The van der Waals surface area contributed by atoms with Gasteiger partial charge in [0, 0.05) is 18.0 Å². The first kappa shape index (κ1) is 14.1. The molecule has 0 N–H and O–H groups in total. The molecule has 0 aliphatic heterocycles. The van der Waals surface area contributed by atoms with Gasteiger partial charge in [-0.15, -0.1) is 0 Å². The Morgan fingerprint density at radius 3 is 2.50 bits per heavy atom. The number of hydrogen-bond donors (Lipinski definition) is 0. The minimum atomic E-state index is -4.61. The number of alkyl halides is 3. The van der Waals surface area contributed by atoms with Gasteiger partial charge in [-0.2, -0.15) is 23.4 Å². The lowest BCUT2D eigenvalue weighted by Gasteiger charge is -2.12. The van der Waals surface area contributed by atoms with Gasteiger partial charge >= 0.3 is 6.18 Å². The number of aryl methyl sites for hydroxylation is 2. The van der Waals surface area contributed by atoms with Crippen LogP contribution in [0.3, 0.4) is 0 Å². The summed E-state index contributed by atoms with van der Waals surface area (Å²) in [5.41, 5.74) is -0.674. The van der Waals surface area contributed by atoms with Crippen molar-refractivity contribution < 1.29 is 18.0 Å². The zero-order valence-electron chi connectivity index (χ0n) is 10.7. The summed E-state index contributed by atoms with van der Waals surface area (Å²) in [5.74, 6) is -0.763. The van der Waals surface area contributed by atoms with Crippen molar-refractivity contribution in [2.75, 3.05) is 0 Å². The number of carbonyl (C=O) groups is 1. The summed E-state index contributed by atoms with van der Waals surface area (Å²) in [5, 5.41) is 7.49. The van der Waals surface area contributed by atoms with E-state index in [2.05, 4.69) is 15.2 Å². The topological polar surface area (TPSA) is 55.7 Å². The van der Waals surface area contributed by atoms with E-state index in [1.165, 1.54) is 13.0 Å². The van der Waals surface area contributed by atoms with Crippen molar-refractivity contribution in [3.63, 3.8) is 0 Å². The molecule has 0 amide bonds. The minimum Gasteiger partial charge on any atom is -0.288 e. The van der Waals surface area contributed by atoms with Crippen LogP contribution in [0.1, 0.15) is 32.9 Å². The quantitative estimate of drug-likeness (QED) is 0.794. The zero-order chi connectivity index (χ0) is 14.9. The second-order valence-electron chi connectivity index (χ2n) is 4.23. The predicted molar refractivity (Wildman–Crippen MR) is 64.2 cm³/mol. The highest BCUT2D eigenvalue weighted by Crippen LogP contribution is 2.32. The van der Waals surface area contributed by atoms with Crippen molar-refractivity contribution >= 4 is 5.78 Å². The highest BCUT2D eigenvalue weighted by molar-refractivity contribution is 6.10. The second kappa shape index (κ2) is 4.99. The average Bonchev–Trinajstić information content (AvgIpc) is 2.40. The Kier molecular flexibility index (Phi) is 3.52. The summed E-state index contributed by atoms with van der Waals surface area (Å²) in [6.45, 7) is 3.13. The largest absolute Gasteiger partial charge is 0.417 e. The molecule has 104 valence electrons. The Hall–Kier alpha value is -2.31. The van der Waals surface area contributed by atoms with Crippen LogP contribution in [0, 0.1) is 13.8 Å². The molecule has 0 spiro atoms. The molecule has 0 aliphatic carbocycles. The SMILES string of the molecule is Cc1cc(C(=O)c2cnccc2C(F)(F)F)c(C)nn1. The smallest absolute Gasteiger partial charge is 0.288 e. The van der Waals surface area contributed by atoms with Crippen molar-refractivity contribution in [1.82, 2.24) is 15.2 Å². The third-order valence-electron chi connectivity index (χ3n) is 2.72. The molecule has 2 aromatic rings. The van der Waals surface area contributed by atoms with Gasteiger partial charge in [0.1, 0.15) is 0 Å². The first-order valence-corrected chi connectivity index (χ1v) is 5.67. The van der Waals surface area contributed by atoms with Gasteiger partial charge < -0.3 is 0 Å². The van der Waals surface area contributed by atoms with Gasteiger partial charge in [-0.1, -0.05) is 0 Å². The van der Waals surface area contributed by atoms with Crippen LogP contribution in [0.4, 0.5) is 13.2 Å². The van der Waals surface area contributed by atoms with Crippen LogP contribution in [0.25, 0.3) is 0 Å². The molecule has 2 rings (SSSR count). The number of ketones is 1. The summed E-state index contributed by atoms with van der Waals surface area (Å²) >= 11 is 0. The Balaban J connectivity index is 2.57. The van der Waals surface area contributed by atoms with Crippen LogP contribution in [-0.4, -0.2) is 21.0 Å². The molecule has 0 saturated carbocycles. The fraction of sp³-hybridized carbons (Fsp3) is 0.231. The standard InChI is InChI=1S/C13H10F3N3O/c1-7-5-9(8(2)19-18-7)12(20)10-6-17-4-3-11(10)13(14,15)16/h3-6H,1-2H3. The van der Waals surface area contributed by atoms with E-state index in [0.29, 0.717) is 5.69 Å². The summed E-state index contributed by atoms with van der Waals surface area (Å²) < 4.78 is 38.7. The second-order valence-corrected chi connectivity index (χ2v) is 4.23. The van der Waals surface area contributed by atoms with Gasteiger partial charge in [0.2, 0.25) is 0 Å². The molecule has 20 heavy (non-hydrogen) atoms. The Bertz CT molecular complexity index is 668. The normalized spacial score (nSPS) is 11.4. The highest BCUT2D eigenvalue weighted by atomic mass is 19.4. The van der Waals surface area contributed by atoms with Gasteiger partial charge in [-0.25, -0.2) is 0 Å². The van der Waals surface area contributed by atoms with E-state index in [0.717, 1.165) is 18.5 Å². The lowest BCUT2D eigenvalue weighted by Crippen LogP contribution is -2.15. The van der Waals surface area contributed by atoms with Crippen LogP contribution in [-0.2, 0) is 6.18 Å². The third-order valence-corrected chi connectivity index (χ3v) is 2.72. The predicted octanol–water partition coefficient (Wildman–Crippen LogP) is 2.74. The number of aromatic nitrogens is 3. The summed E-state index contributed by atoms with van der Waals surface area (Å²) in [6.07, 6.45) is -2.69. The molecule has 2 aromatic heterocycles. The third kappa shape index (κ3) is 2.66. The molecular weight excluding hydrogens is 271 g/mol. The van der Waals surface area contributed by atoms with Crippen molar-refractivity contribution in [2.24, 2.45) is 0 Å². The maximum absolute atomic E-state index is 12.9. The molecule has 4 nitrogen and oxygen atoms in total. The van der Waals surface area contributed by atoms with Crippen molar-refractivity contribution in [3.8, 4) is 0 Å². The average molecular weight is 281 g/mol. The van der Waals surface area contributed by atoms with Crippen LogP contribution in [0.2, 0.25) is 0 Å². The van der Waals surface area contributed by atoms with Crippen LogP contribution in [0.15, 0.2) is 24.5 Å². The van der Waals surface area contributed by atoms with Crippen LogP contribution >= 0.6 is 0 Å². The summed E-state index contributed by atoms with van der Waals surface area (Å²) in [7, 11) is 0. The molecule has 0 bridgehead atoms. The van der Waals surface area contributed by atoms with Gasteiger partial charge in [-0.3, -0.25) is 9.78 Å². The number of carbonyl (C=O) groups excluding carboxylic acids is 1. The zero-order valence-corrected chi connectivity index (χ0v) is 10.7. The number of rotatable bonds is 2. The summed E-state index contributed by atoms with van der Waals surface area (Å²) in [4.78, 5) is 15.9. The Morgan fingerprint density at radius 1 is 1.15 bits per heavy atom. The Morgan fingerprint density at radius 2 is 1.85 bits per heavy atom. The van der Waals surface area contributed by atoms with E-state index in [1.54, 1.807) is 6.92 Å².